The maximum Gasteiger partial charge on any atom is 0.407 e. The lowest BCUT2D eigenvalue weighted by molar-refractivity contribution is -0.142. The second kappa shape index (κ2) is 6.15. The van der Waals surface area contributed by atoms with Gasteiger partial charge in [-0.1, -0.05) is 26.8 Å². The van der Waals surface area contributed by atoms with Gasteiger partial charge in [0, 0.05) is 0 Å². The van der Waals surface area contributed by atoms with Crippen LogP contribution in [0.3, 0.4) is 0 Å². The Hall–Kier alpha value is -1.52. The molecule has 0 bridgehead atoms. The second-order valence-corrected chi connectivity index (χ2v) is 4.49. The summed E-state index contributed by atoms with van der Waals surface area (Å²) < 4.78 is 4.77. The van der Waals surface area contributed by atoms with Gasteiger partial charge in [0.05, 0.1) is 6.61 Å². The van der Waals surface area contributed by atoms with E-state index in [0.29, 0.717) is 6.42 Å². The van der Waals surface area contributed by atoms with Crippen molar-refractivity contribution >= 4 is 12.1 Å². The number of carboxylic acids is 1. The van der Waals surface area contributed by atoms with Crippen molar-refractivity contribution in [3.05, 3.63) is 12.7 Å². The minimum atomic E-state index is -1.08. The Kier molecular flexibility index (Phi) is 5.56. The van der Waals surface area contributed by atoms with E-state index in [2.05, 4.69) is 11.9 Å². The Morgan fingerprint density at radius 3 is 2.44 bits per heavy atom. The van der Waals surface area contributed by atoms with Gasteiger partial charge in [0.25, 0.3) is 0 Å². The summed E-state index contributed by atoms with van der Waals surface area (Å²) in [5, 5.41) is 11.3. The van der Waals surface area contributed by atoms with Gasteiger partial charge in [-0.2, -0.15) is 0 Å². The first-order chi connectivity index (χ1) is 7.29. The Balaban J connectivity index is 4.25. The van der Waals surface area contributed by atoms with E-state index in [1.54, 1.807) is 26.8 Å². The van der Waals surface area contributed by atoms with E-state index >= 15 is 0 Å². The molecule has 0 radical (unpaired) electrons. The quantitative estimate of drug-likeness (QED) is 0.556. The van der Waals surface area contributed by atoms with Gasteiger partial charge in [-0.3, -0.25) is 0 Å². The molecule has 92 valence electrons. The fraction of sp³-hybridized carbons (Fsp3) is 0.636. The monoisotopic (exact) mass is 229 g/mol. The van der Waals surface area contributed by atoms with Crippen molar-refractivity contribution < 1.29 is 19.4 Å². The van der Waals surface area contributed by atoms with Crippen LogP contribution in [0.1, 0.15) is 27.2 Å². The molecule has 1 atom stereocenters. The molecule has 16 heavy (non-hydrogen) atoms. The van der Waals surface area contributed by atoms with Crippen molar-refractivity contribution in [1.82, 2.24) is 5.32 Å². The maximum atomic E-state index is 11.2. The molecule has 0 aliphatic rings. The largest absolute Gasteiger partial charge is 0.480 e. The number of hydrogen-bond donors (Lipinski definition) is 2. The zero-order chi connectivity index (χ0) is 12.8. The molecule has 0 saturated heterocycles. The van der Waals surface area contributed by atoms with Crippen LogP contribution >= 0.6 is 0 Å². The first-order valence-electron chi connectivity index (χ1n) is 5.06. The molecule has 0 heterocycles. The lowest BCUT2D eigenvalue weighted by Gasteiger charge is -2.27. The third-order valence-corrected chi connectivity index (χ3v) is 1.93. The predicted octanol–water partition coefficient (Wildman–Crippen LogP) is 1.79. The molecule has 0 aliphatic carbocycles. The molecule has 0 rings (SSSR count). The van der Waals surface area contributed by atoms with E-state index in [4.69, 9.17) is 9.84 Å². The summed E-state index contributed by atoms with van der Waals surface area (Å²) in [7, 11) is 0. The highest BCUT2D eigenvalue weighted by Gasteiger charge is 2.32. The number of hydrogen-bond acceptors (Lipinski definition) is 3. The average Bonchev–Trinajstić information content (AvgIpc) is 2.12. The molecule has 5 heteroatoms. The van der Waals surface area contributed by atoms with Crippen molar-refractivity contribution in [2.75, 3.05) is 6.61 Å². The standard InChI is InChI=1S/C11H19NO4/c1-5-6-7-16-10(15)12-8(9(13)14)11(2,3)4/h5,8H,1,6-7H2,2-4H3,(H,12,15)(H,13,14). The molecule has 0 aromatic carbocycles. The average molecular weight is 229 g/mol. The van der Waals surface area contributed by atoms with E-state index in [-0.39, 0.29) is 6.61 Å². The third-order valence-electron chi connectivity index (χ3n) is 1.93. The highest BCUT2D eigenvalue weighted by molar-refractivity contribution is 5.80. The Bertz CT molecular complexity index is 268. The number of amides is 1. The van der Waals surface area contributed by atoms with E-state index in [1.807, 2.05) is 0 Å². The van der Waals surface area contributed by atoms with Gasteiger partial charge in [0.15, 0.2) is 0 Å². The zero-order valence-electron chi connectivity index (χ0n) is 9.95. The minimum absolute atomic E-state index is 0.200. The molecule has 0 aromatic heterocycles. The molecule has 0 saturated carbocycles. The summed E-state index contributed by atoms with van der Waals surface area (Å²) in [5.41, 5.74) is -0.566. The number of carbonyl (C=O) groups excluding carboxylic acids is 1. The van der Waals surface area contributed by atoms with Crippen molar-refractivity contribution in [3.63, 3.8) is 0 Å². The van der Waals surface area contributed by atoms with E-state index in [9.17, 15) is 9.59 Å². The predicted molar refractivity (Wildman–Crippen MR) is 60.2 cm³/mol. The molecular weight excluding hydrogens is 210 g/mol. The van der Waals surface area contributed by atoms with Crippen molar-refractivity contribution in [2.24, 2.45) is 5.41 Å². The topological polar surface area (TPSA) is 75.6 Å². The van der Waals surface area contributed by atoms with Crippen LogP contribution in [0.2, 0.25) is 0 Å². The van der Waals surface area contributed by atoms with Crippen LogP contribution in [-0.4, -0.2) is 29.8 Å². The third kappa shape index (κ3) is 5.38. The molecule has 1 amide bonds. The molecule has 0 aromatic rings. The summed E-state index contributed by atoms with van der Waals surface area (Å²) in [5.74, 6) is -1.08. The van der Waals surface area contributed by atoms with Gasteiger partial charge >= 0.3 is 12.1 Å². The molecule has 5 nitrogen and oxygen atoms in total. The lowest BCUT2D eigenvalue weighted by atomic mass is 9.87. The van der Waals surface area contributed by atoms with Crippen LogP contribution < -0.4 is 5.32 Å². The summed E-state index contributed by atoms with van der Waals surface area (Å²) >= 11 is 0. The van der Waals surface area contributed by atoms with Crippen molar-refractivity contribution in [3.8, 4) is 0 Å². The second-order valence-electron chi connectivity index (χ2n) is 4.49. The first kappa shape index (κ1) is 14.5. The highest BCUT2D eigenvalue weighted by atomic mass is 16.5. The van der Waals surface area contributed by atoms with Gasteiger partial charge in [-0.15, -0.1) is 6.58 Å². The fourth-order valence-corrected chi connectivity index (χ4v) is 1.04. The molecule has 0 spiro atoms. The minimum Gasteiger partial charge on any atom is -0.480 e. The van der Waals surface area contributed by atoms with Crippen LogP contribution in [0.4, 0.5) is 4.79 Å². The fourth-order valence-electron chi connectivity index (χ4n) is 1.04. The summed E-state index contributed by atoms with van der Waals surface area (Å²) in [6.07, 6.45) is 1.44. The number of ether oxygens (including phenoxy) is 1. The SMILES string of the molecule is C=CCCOC(=O)NC(C(=O)O)C(C)(C)C. The molecule has 0 aliphatic heterocycles. The van der Waals surface area contributed by atoms with Crippen LogP contribution in [0, 0.1) is 5.41 Å². The maximum absolute atomic E-state index is 11.2. The number of alkyl carbamates (subject to hydrolysis) is 1. The van der Waals surface area contributed by atoms with Gasteiger partial charge in [0.1, 0.15) is 6.04 Å². The molecular formula is C11H19NO4. The van der Waals surface area contributed by atoms with Crippen LogP contribution in [0.25, 0.3) is 0 Å². The van der Waals surface area contributed by atoms with E-state index in [0.717, 1.165) is 0 Å². The van der Waals surface area contributed by atoms with Gasteiger partial charge in [-0.25, -0.2) is 9.59 Å². The van der Waals surface area contributed by atoms with Crippen LogP contribution in [-0.2, 0) is 9.53 Å². The smallest absolute Gasteiger partial charge is 0.407 e. The summed E-state index contributed by atoms with van der Waals surface area (Å²) in [6, 6.07) is -0.969. The van der Waals surface area contributed by atoms with Gasteiger partial charge in [0.2, 0.25) is 0 Å². The Morgan fingerprint density at radius 2 is 2.06 bits per heavy atom. The Labute approximate surface area is 95.5 Å². The molecule has 0 fully saturated rings. The summed E-state index contributed by atoms with van der Waals surface area (Å²) in [6.45, 7) is 8.88. The number of carboxylic acid groups (broad SMARTS) is 1. The lowest BCUT2D eigenvalue weighted by Crippen LogP contribution is -2.49. The van der Waals surface area contributed by atoms with Crippen molar-refractivity contribution in [1.29, 1.82) is 0 Å². The molecule has 2 N–H and O–H groups in total. The first-order valence-corrected chi connectivity index (χ1v) is 5.06. The van der Waals surface area contributed by atoms with E-state index in [1.165, 1.54) is 0 Å². The molecule has 1 unspecified atom stereocenters. The number of carbonyl (C=O) groups is 2. The number of nitrogens with one attached hydrogen (secondary N) is 1. The normalized spacial score (nSPS) is 12.7. The highest BCUT2D eigenvalue weighted by Crippen LogP contribution is 2.19. The van der Waals surface area contributed by atoms with Crippen molar-refractivity contribution in [2.45, 2.75) is 33.2 Å². The summed E-state index contributed by atoms with van der Waals surface area (Å²) in [4.78, 5) is 22.2. The van der Waals surface area contributed by atoms with Gasteiger partial charge in [-0.05, 0) is 11.8 Å². The Morgan fingerprint density at radius 1 is 1.50 bits per heavy atom. The van der Waals surface area contributed by atoms with Crippen LogP contribution in [0.5, 0.6) is 0 Å². The van der Waals surface area contributed by atoms with E-state index < -0.39 is 23.5 Å². The number of aliphatic carboxylic acids is 1. The number of rotatable bonds is 5. The zero-order valence-corrected chi connectivity index (χ0v) is 9.95. The van der Waals surface area contributed by atoms with Gasteiger partial charge < -0.3 is 15.2 Å². The van der Waals surface area contributed by atoms with Crippen LogP contribution in [0.15, 0.2) is 12.7 Å².